The first-order chi connectivity index (χ1) is 11.0. The molecule has 0 aliphatic carbocycles. The largest absolute Gasteiger partial charge is 0.481 e. The molecule has 4 atom stereocenters. The summed E-state index contributed by atoms with van der Waals surface area (Å²) < 4.78 is 11.8. The molecule has 0 unspecified atom stereocenters. The first-order valence-corrected chi connectivity index (χ1v) is 6.74. The summed E-state index contributed by atoms with van der Waals surface area (Å²) in [7, 11) is 1.33. The van der Waals surface area contributed by atoms with Gasteiger partial charge in [-0.1, -0.05) is 0 Å². The summed E-state index contributed by atoms with van der Waals surface area (Å²) in [5, 5.41) is 48.4. The van der Waals surface area contributed by atoms with E-state index in [9.17, 15) is 15.3 Å². The monoisotopic (exact) mass is 324 g/mol. The van der Waals surface area contributed by atoms with Crippen molar-refractivity contribution in [3.63, 3.8) is 0 Å². The standard InChI is InChI=1S/C12H16N6O5/c1-22-10(14)4-2-18(11-6(4)9(13)15-17-16-11)12-8(21)7(20)5(3-19)23-12/h2,5,7-8,12,14,19-21H,3H2,1H3,(H2,13,15,16)/t5-,7-,8-,12-/m1/s1. The minimum absolute atomic E-state index is 0.0392. The number of rotatable bonds is 3. The van der Waals surface area contributed by atoms with Gasteiger partial charge in [0.1, 0.15) is 18.3 Å². The molecule has 1 saturated heterocycles. The number of nitrogens with two attached hydrogens (primary N) is 1. The molecule has 23 heavy (non-hydrogen) atoms. The fourth-order valence-electron chi connectivity index (χ4n) is 2.62. The molecule has 11 heteroatoms. The Hall–Kier alpha value is -2.34. The minimum atomic E-state index is -1.30. The van der Waals surface area contributed by atoms with Gasteiger partial charge in [0.05, 0.1) is 24.7 Å². The van der Waals surface area contributed by atoms with Gasteiger partial charge in [0.15, 0.2) is 17.7 Å². The molecule has 3 rings (SSSR count). The van der Waals surface area contributed by atoms with Gasteiger partial charge in [0, 0.05) is 6.20 Å². The molecule has 0 aromatic carbocycles. The van der Waals surface area contributed by atoms with Crippen molar-refractivity contribution in [2.45, 2.75) is 24.5 Å². The number of hydrogen-bond acceptors (Lipinski definition) is 10. The molecule has 3 heterocycles. The van der Waals surface area contributed by atoms with Crippen LogP contribution < -0.4 is 5.73 Å². The summed E-state index contributed by atoms with van der Waals surface area (Å²) in [6.45, 7) is -0.454. The van der Waals surface area contributed by atoms with E-state index in [1.165, 1.54) is 17.9 Å². The van der Waals surface area contributed by atoms with Crippen LogP contribution in [0.2, 0.25) is 0 Å². The van der Waals surface area contributed by atoms with Crippen LogP contribution in [-0.4, -0.2) is 73.2 Å². The first-order valence-electron chi connectivity index (χ1n) is 6.74. The van der Waals surface area contributed by atoms with Gasteiger partial charge in [-0.2, -0.15) is 0 Å². The fourth-order valence-corrected chi connectivity index (χ4v) is 2.62. The predicted octanol–water partition coefficient (Wildman–Crippen LogP) is -2.01. The highest BCUT2D eigenvalue weighted by molar-refractivity contribution is 6.08. The summed E-state index contributed by atoms with van der Waals surface area (Å²) in [5.74, 6) is -0.140. The number of aromatic nitrogens is 4. The SMILES string of the molecule is COC(=N)c1cn([C@@H]2O[C@H](CO)[C@@H](O)[C@H]2O)c2nnnc(N)c12. The number of nitrogens with one attached hydrogen (secondary N) is 1. The second-order valence-corrected chi connectivity index (χ2v) is 5.09. The molecule has 2 aromatic rings. The van der Waals surface area contributed by atoms with Crippen LogP contribution in [-0.2, 0) is 9.47 Å². The Morgan fingerprint density at radius 3 is 2.78 bits per heavy atom. The maximum atomic E-state index is 10.2. The zero-order valence-corrected chi connectivity index (χ0v) is 12.1. The van der Waals surface area contributed by atoms with E-state index in [2.05, 4.69) is 15.4 Å². The summed E-state index contributed by atoms with van der Waals surface area (Å²) in [6, 6.07) is 0. The van der Waals surface area contributed by atoms with E-state index in [4.69, 9.17) is 20.6 Å². The van der Waals surface area contributed by atoms with Crippen molar-refractivity contribution in [3.05, 3.63) is 11.8 Å². The van der Waals surface area contributed by atoms with Gasteiger partial charge in [-0.05, 0) is 5.21 Å². The summed E-state index contributed by atoms with van der Waals surface area (Å²) in [5.41, 5.74) is 6.31. The molecule has 0 radical (unpaired) electrons. The van der Waals surface area contributed by atoms with Gasteiger partial charge in [-0.15, -0.1) is 10.2 Å². The highest BCUT2D eigenvalue weighted by atomic mass is 16.6. The zero-order chi connectivity index (χ0) is 16.7. The third-order valence-electron chi connectivity index (χ3n) is 3.79. The molecule has 0 spiro atoms. The molecule has 0 saturated carbocycles. The third-order valence-corrected chi connectivity index (χ3v) is 3.79. The van der Waals surface area contributed by atoms with Crippen molar-refractivity contribution in [2.24, 2.45) is 0 Å². The van der Waals surface area contributed by atoms with E-state index < -0.39 is 31.1 Å². The van der Waals surface area contributed by atoms with Gasteiger partial charge < -0.3 is 35.1 Å². The van der Waals surface area contributed by atoms with E-state index in [-0.39, 0.29) is 17.4 Å². The van der Waals surface area contributed by atoms with Crippen LogP contribution in [0.5, 0.6) is 0 Å². The van der Waals surface area contributed by atoms with Crippen LogP contribution in [0, 0.1) is 5.41 Å². The average Bonchev–Trinajstić information content (AvgIpc) is 3.07. The van der Waals surface area contributed by atoms with Crippen molar-refractivity contribution < 1.29 is 24.8 Å². The lowest BCUT2D eigenvalue weighted by Crippen LogP contribution is -2.33. The van der Waals surface area contributed by atoms with Gasteiger partial charge in [0.25, 0.3) is 0 Å². The third kappa shape index (κ3) is 2.30. The molecule has 0 amide bonds. The minimum Gasteiger partial charge on any atom is -0.481 e. The quantitative estimate of drug-likeness (QED) is 0.316. The van der Waals surface area contributed by atoms with Crippen LogP contribution in [0.3, 0.4) is 0 Å². The summed E-state index contributed by atoms with van der Waals surface area (Å²) in [4.78, 5) is 0. The topological polar surface area (TPSA) is 173 Å². The zero-order valence-electron chi connectivity index (χ0n) is 12.1. The average molecular weight is 324 g/mol. The summed E-state index contributed by atoms with van der Waals surface area (Å²) >= 11 is 0. The number of nitrogens with zero attached hydrogens (tertiary/aromatic N) is 4. The Morgan fingerprint density at radius 1 is 1.43 bits per heavy atom. The Labute approximate surface area is 129 Å². The number of methoxy groups -OCH3 is 1. The second-order valence-electron chi connectivity index (χ2n) is 5.09. The van der Waals surface area contributed by atoms with E-state index in [1.807, 2.05) is 0 Å². The van der Waals surface area contributed by atoms with Crippen LogP contribution >= 0.6 is 0 Å². The lowest BCUT2D eigenvalue weighted by Gasteiger charge is -2.16. The number of nitrogen functional groups attached to an aromatic ring is 1. The molecule has 124 valence electrons. The van der Waals surface area contributed by atoms with Crippen molar-refractivity contribution in [3.8, 4) is 0 Å². The number of anilines is 1. The highest BCUT2D eigenvalue weighted by Crippen LogP contribution is 2.34. The molecule has 1 aliphatic heterocycles. The molecule has 6 N–H and O–H groups in total. The maximum absolute atomic E-state index is 10.2. The number of ether oxygens (including phenoxy) is 2. The molecule has 0 bridgehead atoms. The lowest BCUT2D eigenvalue weighted by atomic mass is 10.1. The molecule has 2 aromatic heterocycles. The van der Waals surface area contributed by atoms with Gasteiger partial charge in [-0.25, -0.2) is 0 Å². The Morgan fingerprint density at radius 2 is 2.17 bits per heavy atom. The maximum Gasteiger partial charge on any atom is 0.215 e. The van der Waals surface area contributed by atoms with Crippen molar-refractivity contribution in [2.75, 3.05) is 19.5 Å². The first kappa shape index (κ1) is 15.6. The van der Waals surface area contributed by atoms with E-state index >= 15 is 0 Å². The summed E-state index contributed by atoms with van der Waals surface area (Å²) in [6.07, 6.45) is -3.09. The normalized spacial score (nSPS) is 27.5. The predicted molar refractivity (Wildman–Crippen MR) is 76.6 cm³/mol. The second kappa shape index (κ2) is 5.70. The molecular formula is C12H16N6O5. The highest BCUT2D eigenvalue weighted by Gasteiger charge is 2.44. The van der Waals surface area contributed by atoms with Crippen molar-refractivity contribution in [1.29, 1.82) is 5.41 Å². The number of fused-ring (bicyclic) bond motifs is 1. The van der Waals surface area contributed by atoms with E-state index in [0.29, 0.717) is 10.9 Å². The number of aliphatic hydroxyl groups excluding tert-OH is 3. The van der Waals surface area contributed by atoms with Crippen LogP contribution in [0.25, 0.3) is 11.0 Å². The molecule has 11 nitrogen and oxygen atoms in total. The smallest absolute Gasteiger partial charge is 0.215 e. The number of hydrogen-bond donors (Lipinski definition) is 5. The van der Waals surface area contributed by atoms with E-state index in [1.54, 1.807) is 0 Å². The van der Waals surface area contributed by atoms with Crippen molar-refractivity contribution in [1.82, 2.24) is 20.0 Å². The van der Waals surface area contributed by atoms with Crippen LogP contribution in [0.4, 0.5) is 5.82 Å². The van der Waals surface area contributed by atoms with Gasteiger partial charge in [-0.3, -0.25) is 5.41 Å². The Balaban J connectivity index is 2.16. The Kier molecular flexibility index (Phi) is 3.85. The fraction of sp³-hybridized carbons (Fsp3) is 0.500. The van der Waals surface area contributed by atoms with Crippen molar-refractivity contribution >= 4 is 22.7 Å². The molecule has 1 fully saturated rings. The number of aliphatic hydroxyl groups is 3. The van der Waals surface area contributed by atoms with Crippen LogP contribution in [0.15, 0.2) is 6.20 Å². The van der Waals surface area contributed by atoms with E-state index in [0.717, 1.165) is 0 Å². The van der Waals surface area contributed by atoms with Gasteiger partial charge >= 0.3 is 0 Å². The molecular weight excluding hydrogens is 308 g/mol. The molecule has 1 aliphatic rings. The van der Waals surface area contributed by atoms with Gasteiger partial charge in [0.2, 0.25) is 5.90 Å². The lowest BCUT2D eigenvalue weighted by molar-refractivity contribution is -0.0509. The Bertz CT molecular complexity index is 749. The van der Waals surface area contributed by atoms with Crippen LogP contribution in [0.1, 0.15) is 11.8 Å².